The van der Waals surface area contributed by atoms with Crippen LogP contribution in [0.3, 0.4) is 0 Å². The Kier molecular flexibility index (Phi) is 4.18. The molecule has 0 saturated carbocycles. The van der Waals surface area contributed by atoms with Gasteiger partial charge in [0, 0.05) is 31.0 Å². The Morgan fingerprint density at radius 2 is 2.07 bits per heavy atom. The first-order valence-corrected chi connectivity index (χ1v) is 9.90. The highest BCUT2D eigenvalue weighted by molar-refractivity contribution is 5.78. The third-order valence-corrected chi connectivity index (χ3v) is 6.16. The molecule has 6 nitrogen and oxygen atoms in total. The molecule has 2 aliphatic rings. The maximum atomic E-state index is 12.5. The molecule has 3 N–H and O–H groups in total. The SMILES string of the molecule is Cc1ccc(C)c(C2NNCC2C2CC(=O)NCc3nc4ccccn4c32)c1. The number of fused-ring (bicyclic) bond motifs is 3. The van der Waals surface area contributed by atoms with Crippen molar-refractivity contribution in [1.29, 1.82) is 0 Å². The standard InChI is InChI=1S/C22H25N5O/c1-13-6-7-14(2)15(9-13)21-17(11-24-26-21)16-10-20(28)23-12-18-22(16)27-8-4-3-5-19(27)25-18/h3-9,16-17,21,24,26H,10-12H2,1-2H3,(H,23,28). The quantitative estimate of drug-likeness (QED) is 0.644. The molecule has 4 heterocycles. The number of rotatable bonds is 2. The number of hydrogen-bond donors (Lipinski definition) is 3. The lowest BCUT2D eigenvalue weighted by molar-refractivity contribution is -0.121. The van der Waals surface area contributed by atoms with Crippen molar-refractivity contribution in [2.75, 3.05) is 6.54 Å². The molecule has 0 spiro atoms. The number of pyridine rings is 1. The number of imidazole rings is 1. The van der Waals surface area contributed by atoms with Crippen molar-refractivity contribution in [3.05, 3.63) is 70.7 Å². The number of hydrazine groups is 1. The average molecular weight is 375 g/mol. The highest BCUT2D eigenvalue weighted by Crippen LogP contribution is 2.41. The summed E-state index contributed by atoms with van der Waals surface area (Å²) in [7, 11) is 0. The van der Waals surface area contributed by atoms with Crippen molar-refractivity contribution in [3.8, 4) is 0 Å². The van der Waals surface area contributed by atoms with E-state index < -0.39 is 0 Å². The van der Waals surface area contributed by atoms with E-state index in [-0.39, 0.29) is 23.8 Å². The number of benzene rings is 1. The number of carbonyl (C=O) groups is 1. The minimum Gasteiger partial charge on any atom is -0.350 e. The molecule has 5 rings (SSSR count). The first-order chi connectivity index (χ1) is 13.6. The van der Waals surface area contributed by atoms with Gasteiger partial charge in [-0.2, -0.15) is 0 Å². The lowest BCUT2D eigenvalue weighted by atomic mass is 9.78. The van der Waals surface area contributed by atoms with Gasteiger partial charge in [-0.15, -0.1) is 0 Å². The number of aromatic nitrogens is 2. The summed E-state index contributed by atoms with van der Waals surface area (Å²) < 4.78 is 2.17. The smallest absolute Gasteiger partial charge is 0.221 e. The van der Waals surface area contributed by atoms with Crippen molar-refractivity contribution in [2.24, 2.45) is 5.92 Å². The predicted octanol–water partition coefficient (Wildman–Crippen LogP) is 2.52. The summed E-state index contributed by atoms with van der Waals surface area (Å²) in [6.45, 7) is 5.59. The van der Waals surface area contributed by atoms with Crippen LogP contribution in [-0.4, -0.2) is 21.8 Å². The second kappa shape index (κ2) is 6.72. The Balaban J connectivity index is 1.63. The van der Waals surface area contributed by atoms with E-state index in [0.29, 0.717) is 13.0 Å². The highest BCUT2D eigenvalue weighted by atomic mass is 16.1. The molecule has 2 aromatic heterocycles. The summed E-state index contributed by atoms with van der Waals surface area (Å²) in [6, 6.07) is 12.8. The van der Waals surface area contributed by atoms with Crippen molar-refractivity contribution in [1.82, 2.24) is 25.6 Å². The van der Waals surface area contributed by atoms with E-state index in [9.17, 15) is 4.79 Å². The average Bonchev–Trinajstić information content (AvgIpc) is 3.27. The maximum absolute atomic E-state index is 12.5. The Bertz CT molecular complexity index is 1060. The number of amides is 1. The van der Waals surface area contributed by atoms with Gasteiger partial charge in [-0.25, -0.2) is 10.4 Å². The summed E-state index contributed by atoms with van der Waals surface area (Å²) in [5, 5.41) is 3.03. The monoisotopic (exact) mass is 375 g/mol. The molecular weight excluding hydrogens is 350 g/mol. The third kappa shape index (κ3) is 2.80. The fourth-order valence-corrected chi connectivity index (χ4v) is 4.78. The van der Waals surface area contributed by atoms with Crippen LogP contribution in [0.2, 0.25) is 0 Å². The van der Waals surface area contributed by atoms with Crippen molar-refractivity contribution in [3.63, 3.8) is 0 Å². The van der Waals surface area contributed by atoms with Crippen molar-refractivity contribution >= 4 is 11.6 Å². The number of aryl methyl sites for hydroxylation is 2. The molecule has 0 radical (unpaired) electrons. The molecule has 1 saturated heterocycles. The summed E-state index contributed by atoms with van der Waals surface area (Å²) in [5.41, 5.74) is 13.8. The van der Waals surface area contributed by atoms with Crippen LogP contribution in [0.25, 0.3) is 5.65 Å². The lowest BCUT2D eigenvalue weighted by Crippen LogP contribution is -2.28. The molecule has 3 atom stereocenters. The van der Waals surface area contributed by atoms with Crippen LogP contribution in [0.4, 0.5) is 0 Å². The van der Waals surface area contributed by atoms with Gasteiger partial charge in [0.15, 0.2) is 0 Å². The van der Waals surface area contributed by atoms with Gasteiger partial charge < -0.3 is 9.72 Å². The predicted molar refractivity (Wildman–Crippen MR) is 108 cm³/mol. The fraction of sp³-hybridized carbons (Fsp3) is 0.364. The van der Waals surface area contributed by atoms with Gasteiger partial charge in [0.25, 0.3) is 0 Å². The summed E-state index contributed by atoms with van der Waals surface area (Å²) in [4.78, 5) is 17.3. The van der Waals surface area contributed by atoms with Gasteiger partial charge in [0.05, 0.1) is 24.0 Å². The first kappa shape index (κ1) is 17.4. The fourth-order valence-electron chi connectivity index (χ4n) is 4.78. The molecule has 2 aliphatic heterocycles. The molecule has 0 bridgehead atoms. The summed E-state index contributed by atoms with van der Waals surface area (Å²) in [6.07, 6.45) is 2.54. The van der Waals surface area contributed by atoms with Gasteiger partial charge in [-0.1, -0.05) is 29.8 Å². The van der Waals surface area contributed by atoms with Crippen molar-refractivity contribution in [2.45, 2.75) is 38.8 Å². The molecule has 1 amide bonds. The zero-order valence-corrected chi connectivity index (χ0v) is 16.2. The third-order valence-electron chi connectivity index (χ3n) is 6.16. The zero-order chi connectivity index (χ0) is 19.3. The van der Waals surface area contributed by atoms with E-state index in [1.165, 1.54) is 22.4 Å². The normalized spacial score (nSPS) is 24.8. The van der Waals surface area contributed by atoms with Crippen LogP contribution in [0, 0.1) is 19.8 Å². The summed E-state index contributed by atoms with van der Waals surface area (Å²) >= 11 is 0. The molecular formula is C22H25N5O. The van der Waals surface area contributed by atoms with Crippen LogP contribution in [0.5, 0.6) is 0 Å². The summed E-state index contributed by atoms with van der Waals surface area (Å²) in [5.74, 6) is 0.435. The van der Waals surface area contributed by atoms with Crippen LogP contribution < -0.4 is 16.2 Å². The molecule has 144 valence electrons. The molecule has 3 aromatic rings. The minimum absolute atomic E-state index is 0.0855. The maximum Gasteiger partial charge on any atom is 0.221 e. The Labute approximate surface area is 164 Å². The largest absolute Gasteiger partial charge is 0.350 e. The van der Waals surface area contributed by atoms with Gasteiger partial charge in [0.2, 0.25) is 5.91 Å². The van der Waals surface area contributed by atoms with Gasteiger partial charge in [-0.05, 0) is 37.1 Å². The second-order valence-corrected chi connectivity index (χ2v) is 7.99. The van der Waals surface area contributed by atoms with Gasteiger partial charge >= 0.3 is 0 Å². The zero-order valence-electron chi connectivity index (χ0n) is 16.2. The van der Waals surface area contributed by atoms with E-state index in [4.69, 9.17) is 4.98 Å². The molecule has 6 heteroatoms. The number of nitrogens with zero attached hydrogens (tertiary/aromatic N) is 2. The van der Waals surface area contributed by atoms with E-state index in [0.717, 1.165) is 17.9 Å². The van der Waals surface area contributed by atoms with Crippen LogP contribution >= 0.6 is 0 Å². The molecule has 1 fully saturated rings. The Hall–Kier alpha value is -2.70. The number of carbonyl (C=O) groups excluding carboxylic acids is 1. The van der Waals surface area contributed by atoms with E-state index >= 15 is 0 Å². The first-order valence-electron chi connectivity index (χ1n) is 9.90. The lowest BCUT2D eigenvalue weighted by Gasteiger charge is -2.28. The van der Waals surface area contributed by atoms with Crippen molar-refractivity contribution < 1.29 is 4.79 Å². The van der Waals surface area contributed by atoms with Crippen LogP contribution in [0.1, 0.15) is 46.5 Å². The molecule has 0 aliphatic carbocycles. The van der Waals surface area contributed by atoms with E-state index in [2.05, 4.69) is 58.8 Å². The molecule has 3 unspecified atom stereocenters. The molecule has 28 heavy (non-hydrogen) atoms. The van der Waals surface area contributed by atoms with E-state index in [1.54, 1.807) is 0 Å². The topological polar surface area (TPSA) is 70.5 Å². The Morgan fingerprint density at radius 1 is 1.18 bits per heavy atom. The van der Waals surface area contributed by atoms with Crippen LogP contribution in [0.15, 0.2) is 42.6 Å². The second-order valence-electron chi connectivity index (χ2n) is 7.99. The Morgan fingerprint density at radius 3 is 2.96 bits per heavy atom. The minimum atomic E-state index is 0.0855. The number of nitrogens with one attached hydrogen (secondary N) is 3. The highest BCUT2D eigenvalue weighted by Gasteiger charge is 2.40. The number of hydrogen-bond acceptors (Lipinski definition) is 4. The van der Waals surface area contributed by atoms with E-state index in [1.807, 2.05) is 18.2 Å². The van der Waals surface area contributed by atoms with Gasteiger partial charge in [-0.3, -0.25) is 10.2 Å². The molecule has 1 aromatic carbocycles. The van der Waals surface area contributed by atoms with Crippen LogP contribution in [-0.2, 0) is 11.3 Å². The van der Waals surface area contributed by atoms with Gasteiger partial charge in [0.1, 0.15) is 5.65 Å².